The van der Waals surface area contributed by atoms with Crippen molar-refractivity contribution >= 4 is 0 Å². The maximum absolute atomic E-state index is 10.6. The maximum atomic E-state index is 10.6. The molecule has 3 nitrogen and oxygen atoms in total. The minimum atomic E-state index is -0.257. The quantitative estimate of drug-likeness (QED) is 0.836. The minimum Gasteiger partial charge on any atom is -0.390 e. The number of hydrogen-bond donors (Lipinski definition) is 1. The highest BCUT2D eigenvalue weighted by atomic mass is 16.5. The number of morpholine rings is 1. The highest BCUT2D eigenvalue weighted by molar-refractivity contribution is 4.85. The molecule has 106 valence electrons. The van der Waals surface area contributed by atoms with Crippen molar-refractivity contribution in [2.75, 3.05) is 26.2 Å². The van der Waals surface area contributed by atoms with E-state index in [-0.39, 0.29) is 12.2 Å². The first kappa shape index (κ1) is 14.3. The van der Waals surface area contributed by atoms with Crippen molar-refractivity contribution in [3.8, 4) is 0 Å². The Morgan fingerprint density at radius 3 is 2.94 bits per heavy atom. The summed E-state index contributed by atoms with van der Waals surface area (Å²) in [6.45, 7) is 8.38. The Bertz CT molecular complexity index is 245. The molecule has 2 fully saturated rings. The van der Waals surface area contributed by atoms with E-state index in [2.05, 4.69) is 18.7 Å². The average molecular weight is 255 g/mol. The predicted molar refractivity (Wildman–Crippen MR) is 73.6 cm³/mol. The van der Waals surface area contributed by atoms with Crippen molar-refractivity contribution in [1.82, 2.24) is 4.90 Å². The summed E-state index contributed by atoms with van der Waals surface area (Å²) in [6, 6.07) is 0. The Morgan fingerprint density at radius 1 is 1.39 bits per heavy atom. The van der Waals surface area contributed by atoms with E-state index in [9.17, 15) is 5.11 Å². The van der Waals surface area contributed by atoms with Gasteiger partial charge in [0.15, 0.2) is 0 Å². The molecule has 0 aromatic rings. The fourth-order valence-electron chi connectivity index (χ4n) is 3.55. The average Bonchev–Trinajstić information content (AvgIpc) is 2.39. The summed E-state index contributed by atoms with van der Waals surface area (Å²) < 4.78 is 5.81. The van der Waals surface area contributed by atoms with Crippen LogP contribution in [0.4, 0.5) is 0 Å². The Morgan fingerprint density at radius 2 is 2.22 bits per heavy atom. The molecule has 1 aliphatic carbocycles. The summed E-state index contributed by atoms with van der Waals surface area (Å²) >= 11 is 0. The van der Waals surface area contributed by atoms with E-state index in [4.69, 9.17) is 4.74 Å². The molecule has 0 amide bonds. The standard InChI is InChI=1S/C15H29NO2/c1-3-7-16-8-9-18-14(11-16)15(17)13-6-4-5-12(2)10-13/h12-15,17H,3-11H2,1-2H3. The Hall–Kier alpha value is -0.120. The van der Waals surface area contributed by atoms with Crippen molar-refractivity contribution in [2.45, 2.75) is 58.2 Å². The lowest BCUT2D eigenvalue weighted by Gasteiger charge is -2.39. The smallest absolute Gasteiger partial charge is 0.0963 e. The number of aliphatic hydroxyl groups is 1. The second-order valence-corrected chi connectivity index (χ2v) is 6.23. The van der Waals surface area contributed by atoms with Gasteiger partial charge in [-0.2, -0.15) is 0 Å². The fourth-order valence-corrected chi connectivity index (χ4v) is 3.55. The van der Waals surface area contributed by atoms with Gasteiger partial charge in [-0.05, 0) is 37.6 Å². The molecular formula is C15H29NO2. The van der Waals surface area contributed by atoms with Gasteiger partial charge in [0.05, 0.1) is 18.8 Å². The third-order valence-electron chi connectivity index (χ3n) is 4.56. The molecular weight excluding hydrogens is 226 g/mol. The van der Waals surface area contributed by atoms with Crippen LogP contribution >= 0.6 is 0 Å². The van der Waals surface area contributed by atoms with Gasteiger partial charge in [-0.3, -0.25) is 4.90 Å². The number of rotatable bonds is 4. The van der Waals surface area contributed by atoms with Crippen LogP contribution in [0.5, 0.6) is 0 Å². The molecule has 4 atom stereocenters. The Kier molecular flexibility index (Phi) is 5.46. The van der Waals surface area contributed by atoms with Gasteiger partial charge in [0.1, 0.15) is 0 Å². The van der Waals surface area contributed by atoms with Crippen LogP contribution < -0.4 is 0 Å². The van der Waals surface area contributed by atoms with Crippen LogP contribution in [-0.4, -0.2) is 48.5 Å². The fraction of sp³-hybridized carbons (Fsp3) is 1.00. The van der Waals surface area contributed by atoms with E-state index in [1.54, 1.807) is 0 Å². The molecule has 18 heavy (non-hydrogen) atoms. The van der Waals surface area contributed by atoms with Gasteiger partial charge in [0, 0.05) is 13.1 Å². The van der Waals surface area contributed by atoms with Crippen molar-refractivity contribution < 1.29 is 9.84 Å². The zero-order chi connectivity index (χ0) is 13.0. The third-order valence-corrected chi connectivity index (χ3v) is 4.56. The monoisotopic (exact) mass is 255 g/mol. The first-order valence-electron chi connectivity index (χ1n) is 7.72. The summed E-state index contributed by atoms with van der Waals surface area (Å²) in [5.41, 5.74) is 0. The molecule has 1 heterocycles. The lowest BCUT2D eigenvalue weighted by Crippen LogP contribution is -2.50. The van der Waals surface area contributed by atoms with Crippen molar-refractivity contribution in [1.29, 1.82) is 0 Å². The van der Waals surface area contributed by atoms with Crippen LogP contribution in [0, 0.1) is 11.8 Å². The van der Waals surface area contributed by atoms with Crippen LogP contribution in [-0.2, 0) is 4.74 Å². The molecule has 1 N–H and O–H groups in total. The number of aliphatic hydroxyl groups excluding tert-OH is 1. The zero-order valence-corrected chi connectivity index (χ0v) is 12.0. The van der Waals surface area contributed by atoms with Gasteiger partial charge in [0.25, 0.3) is 0 Å². The van der Waals surface area contributed by atoms with E-state index in [1.165, 1.54) is 32.1 Å². The van der Waals surface area contributed by atoms with E-state index in [1.807, 2.05) is 0 Å². The zero-order valence-electron chi connectivity index (χ0n) is 12.0. The second kappa shape index (κ2) is 6.88. The minimum absolute atomic E-state index is 0.0422. The van der Waals surface area contributed by atoms with Gasteiger partial charge in [-0.25, -0.2) is 0 Å². The molecule has 2 aliphatic rings. The van der Waals surface area contributed by atoms with Crippen molar-refractivity contribution in [3.05, 3.63) is 0 Å². The molecule has 0 bridgehead atoms. The first-order chi connectivity index (χ1) is 8.70. The topological polar surface area (TPSA) is 32.7 Å². The molecule has 1 aliphatic heterocycles. The van der Waals surface area contributed by atoms with Crippen molar-refractivity contribution in [3.63, 3.8) is 0 Å². The highest BCUT2D eigenvalue weighted by Crippen LogP contribution is 2.32. The van der Waals surface area contributed by atoms with Crippen LogP contribution in [0.1, 0.15) is 46.0 Å². The molecule has 1 saturated carbocycles. The Labute approximate surface area is 112 Å². The normalized spacial score (nSPS) is 36.5. The molecule has 0 aromatic carbocycles. The van der Waals surface area contributed by atoms with Gasteiger partial charge in [0.2, 0.25) is 0 Å². The molecule has 3 heteroatoms. The van der Waals surface area contributed by atoms with Crippen LogP contribution in [0.15, 0.2) is 0 Å². The first-order valence-corrected chi connectivity index (χ1v) is 7.72. The van der Waals surface area contributed by atoms with Gasteiger partial charge >= 0.3 is 0 Å². The predicted octanol–water partition coefficient (Wildman–Crippen LogP) is 2.28. The molecule has 0 aromatic heterocycles. The number of nitrogens with zero attached hydrogens (tertiary/aromatic N) is 1. The van der Waals surface area contributed by atoms with E-state index in [0.29, 0.717) is 5.92 Å². The summed E-state index contributed by atoms with van der Waals surface area (Å²) in [6.07, 6.45) is 5.93. The SMILES string of the molecule is CCCN1CCOC(C(O)C2CCCC(C)C2)C1. The summed E-state index contributed by atoms with van der Waals surface area (Å²) in [4.78, 5) is 2.43. The summed E-state index contributed by atoms with van der Waals surface area (Å²) in [5, 5.41) is 10.6. The third kappa shape index (κ3) is 3.69. The van der Waals surface area contributed by atoms with Gasteiger partial charge < -0.3 is 9.84 Å². The summed E-state index contributed by atoms with van der Waals surface area (Å²) in [5.74, 6) is 1.23. The molecule has 0 spiro atoms. The largest absolute Gasteiger partial charge is 0.390 e. The van der Waals surface area contributed by atoms with Crippen molar-refractivity contribution in [2.24, 2.45) is 11.8 Å². The van der Waals surface area contributed by atoms with Crippen LogP contribution in [0.25, 0.3) is 0 Å². The lowest BCUT2D eigenvalue weighted by molar-refractivity contribution is -0.111. The molecule has 2 rings (SSSR count). The number of ether oxygens (including phenoxy) is 1. The van der Waals surface area contributed by atoms with E-state index in [0.717, 1.165) is 32.2 Å². The van der Waals surface area contributed by atoms with Gasteiger partial charge in [-0.1, -0.05) is 26.7 Å². The lowest BCUT2D eigenvalue weighted by atomic mass is 9.78. The number of hydrogen-bond acceptors (Lipinski definition) is 3. The molecule has 0 radical (unpaired) electrons. The maximum Gasteiger partial charge on any atom is 0.0963 e. The van der Waals surface area contributed by atoms with E-state index < -0.39 is 0 Å². The van der Waals surface area contributed by atoms with Crippen LogP contribution in [0.3, 0.4) is 0 Å². The van der Waals surface area contributed by atoms with Crippen LogP contribution in [0.2, 0.25) is 0 Å². The Balaban J connectivity index is 1.85. The molecule has 4 unspecified atom stereocenters. The van der Waals surface area contributed by atoms with Gasteiger partial charge in [-0.15, -0.1) is 0 Å². The molecule has 1 saturated heterocycles. The second-order valence-electron chi connectivity index (χ2n) is 6.23. The summed E-state index contributed by atoms with van der Waals surface area (Å²) in [7, 11) is 0. The van der Waals surface area contributed by atoms with E-state index >= 15 is 0 Å². The highest BCUT2D eigenvalue weighted by Gasteiger charge is 2.34.